The molecule has 5 nitrogen and oxygen atoms in total. The highest BCUT2D eigenvalue weighted by Crippen LogP contribution is 2.36. The molecule has 0 bridgehead atoms. The summed E-state index contributed by atoms with van der Waals surface area (Å²) in [5.74, 6) is 0.861. The molecule has 1 aliphatic rings. The first-order valence-electron chi connectivity index (χ1n) is 7.37. The third kappa shape index (κ3) is 2.62. The largest absolute Gasteiger partial charge is 0.349 e. The van der Waals surface area contributed by atoms with Crippen molar-refractivity contribution in [2.24, 2.45) is 0 Å². The van der Waals surface area contributed by atoms with E-state index in [4.69, 9.17) is 0 Å². The molecule has 0 radical (unpaired) electrons. The minimum atomic E-state index is -0.00429. The fourth-order valence-corrected chi connectivity index (χ4v) is 2.62. The fourth-order valence-electron chi connectivity index (χ4n) is 2.62. The zero-order valence-corrected chi connectivity index (χ0v) is 13.1. The third-order valence-electron chi connectivity index (χ3n) is 4.03. The number of aromatic nitrogens is 1. The van der Waals surface area contributed by atoms with Gasteiger partial charge >= 0.3 is 0 Å². The molecule has 2 aromatic rings. The molecule has 1 unspecified atom stereocenters. The Kier molecular flexibility index (Phi) is 3.71. The Labute approximate surface area is 130 Å². The Morgan fingerprint density at radius 2 is 2.09 bits per heavy atom. The number of hydrogen-bond acceptors (Lipinski definition) is 4. The van der Waals surface area contributed by atoms with Crippen molar-refractivity contribution in [2.45, 2.75) is 26.6 Å². The number of nitrogens with one attached hydrogen (secondary N) is 1. The number of carbonyl (C=O) groups is 1. The zero-order valence-electron chi connectivity index (χ0n) is 13.1. The van der Waals surface area contributed by atoms with E-state index in [2.05, 4.69) is 34.3 Å². The Bertz CT molecular complexity index is 686. The van der Waals surface area contributed by atoms with Crippen LogP contribution in [-0.4, -0.2) is 24.1 Å². The average Bonchev–Trinajstić information content (AvgIpc) is 2.83. The van der Waals surface area contributed by atoms with Gasteiger partial charge in [0.2, 0.25) is 5.91 Å². The van der Waals surface area contributed by atoms with Crippen molar-refractivity contribution in [1.82, 2.24) is 4.98 Å². The van der Waals surface area contributed by atoms with Gasteiger partial charge < -0.3 is 15.1 Å². The molecular weight excluding hydrogens is 276 g/mol. The predicted molar refractivity (Wildman–Crippen MR) is 89.0 cm³/mol. The second kappa shape index (κ2) is 5.67. The summed E-state index contributed by atoms with van der Waals surface area (Å²) in [5.41, 5.74) is 3.08. The number of fused-ring (bicyclic) bond motifs is 1. The van der Waals surface area contributed by atoms with Gasteiger partial charge in [0.25, 0.3) is 0 Å². The summed E-state index contributed by atoms with van der Waals surface area (Å²) in [6.07, 6.45) is 1.90. The van der Waals surface area contributed by atoms with Gasteiger partial charge in [-0.25, -0.2) is 4.98 Å². The molecule has 0 saturated heterocycles. The Morgan fingerprint density at radius 3 is 2.77 bits per heavy atom. The SMILES string of the molecule is CC(=O)N(C)c1cnc2c(c1)N(Cc1ccccc1)C(C)N2. The summed E-state index contributed by atoms with van der Waals surface area (Å²) in [7, 11) is 1.76. The van der Waals surface area contributed by atoms with Crippen LogP contribution >= 0.6 is 0 Å². The van der Waals surface area contributed by atoms with Gasteiger partial charge in [0.1, 0.15) is 0 Å². The van der Waals surface area contributed by atoms with Crippen molar-refractivity contribution in [3.63, 3.8) is 0 Å². The summed E-state index contributed by atoms with van der Waals surface area (Å²) >= 11 is 0. The molecule has 0 aliphatic carbocycles. The van der Waals surface area contributed by atoms with Crippen LogP contribution in [0.15, 0.2) is 42.6 Å². The lowest BCUT2D eigenvalue weighted by atomic mass is 10.2. The number of nitrogens with zero attached hydrogens (tertiary/aromatic N) is 3. The highest BCUT2D eigenvalue weighted by molar-refractivity contribution is 5.92. The first-order valence-corrected chi connectivity index (χ1v) is 7.37. The maximum Gasteiger partial charge on any atom is 0.223 e. The van der Waals surface area contributed by atoms with E-state index >= 15 is 0 Å². The predicted octanol–water partition coefficient (Wildman–Crippen LogP) is 2.84. The monoisotopic (exact) mass is 296 g/mol. The normalized spacial score (nSPS) is 16.1. The van der Waals surface area contributed by atoms with E-state index in [1.54, 1.807) is 25.1 Å². The number of hydrogen-bond donors (Lipinski definition) is 1. The molecule has 5 heteroatoms. The lowest BCUT2D eigenvalue weighted by Gasteiger charge is -2.24. The summed E-state index contributed by atoms with van der Waals surface area (Å²) in [6, 6.07) is 12.4. The van der Waals surface area contributed by atoms with E-state index in [1.165, 1.54) is 5.56 Å². The highest BCUT2D eigenvalue weighted by atomic mass is 16.2. The molecule has 0 saturated carbocycles. The Hall–Kier alpha value is -2.56. The topological polar surface area (TPSA) is 48.5 Å². The van der Waals surface area contributed by atoms with Gasteiger partial charge in [0.05, 0.1) is 23.7 Å². The van der Waals surface area contributed by atoms with Crippen molar-refractivity contribution < 1.29 is 4.79 Å². The van der Waals surface area contributed by atoms with Crippen molar-refractivity contribution >= 4 is 23.1 Å². The minimum Gasteiger partial charge on any atom is -0.349 e. The number of rotatable bonds is 3. The van der Waals surface area contributed by atoms with Crippen LogP contribution in [0.4, 0.5) is 17.2 Å². The van der Waals surface area contributed by atoms with E-state index in [0.29, 0.717) is 0 Å². The molecule has 114 valence electrons. The van der Waals surface area contributed by atoms with Gasteiger partial charge in [-0.05, 0) is 18.6 Å². The summed E-state index contributed by atoms with van der Waals surface area (Å²) in [4.78, 5) is 19.9. The summed E-state index contributed by atoms with van der Waals surface area (Å²) < 4.78 is 0. The van der Waals surface area contributed by atoms with Gasteiger partial charge in [-0.1, -0.05) is 30.3 Å². The lowest BCUT2D eigenvalue weighted by molar-refractivity contribution is -0.116. The molecule has 1 aromatic carbocycles. The number of anilines is 3. The number of benzene rings is 1. The maximum atomic E-state index is 11.6. The van der Waals surface area contributed by atoms with E-state index in [1.807, 2.05) is 24.3 Å². The fraction of sp³-hybridized carbons (Fsp3) is 0.294. The molecule has 3 rings (SSSR count). The van der Waals surface area contributed by atoms with Crippen LogP contribution in [0.1, 0.15) is 19.4 Å². The number of amides is 1. The second-order valence-electron chi connectivity index (χ2n) is 5.57. The van der Waals surface area contributed by atoms with E-state index in [-0.39, 0.29) is 12.1 Å². The van der Waals surface area contributed by atoms with Crippen molar-refractivity contribution in [3.05, 3.63) is 48.2 Å². The van der Waals surface area contributed by atoms with Crippen molar-refractivity contribution in [3.8, 4) is 0 Å². The minimum absolute atomic E-state index is 0.00429. The maximum absolute atomic E-state index is 11.6. The van der Waals surface area contributed by atoms with Crippen LogP contribution in [0.25, 0.3) is 0 Å². The van der Waals surface area contributed by atoms with Crippen molar-refractivity contribution in [1.29, 1.82) is 0 Å². The van der Waals surface area contributed by atoms with Gasteiger partial charge in [-0.2, -0.15) is 0 Å². The van der Waals surface area contributed by atoms with E-state index < -0.39 is 0 Å². The molecule has 0 fully saturated rings. The molecule has 22 heavy (non-hydrogen) atoms. The highest BCUT2D eigenvalue weighted by Gasteiger charge is 2.27. The second-order valence-corrected chi connectivity index (χ2v) is 5.57. The summed E-state index contributed by atoms with van der Waals surface area (Å²) in [6.45, 7) is 4.46. The zero-order chi connectivity index (χ0) is 15.7. The first-order chi connectivity index (χ1) is 10.6. The molecule has 1 N–H and O–H groups in total. The van der Waals surface area contributed by atoms with Crippen LogP contribution in [0, 0.1) is 0 Å². The van der Waals surface area contributed by atoms with Gasteiger partial charge in [0, 0.05) is 20.5 Å². The number of carbonyl (C=O) groups excluding carboxylic acids is 1. The smallest absolute Gasteiger partial charge is 0.223 e. The van der Waals surface area contributed by atoms with Crippen LogP contribution in [0.5, 0.6) is 0 Å². The molecule has 1 atom stereocenters. The van der Waals surface area contributed by atoms with Crippen molar-refractivity contribution in [2.75, 3.05) is 22.2 Å². The van der Waals surface area contributed by atoms with Crippen LogP contribution in [-0.2, 0) is 11.3 Å². The third-order valence-corrected chi connectivity index (χ3v) is 4.03. The molecule has 1 amide bonds. The van der Waals surface area contributed by atoms with Crippen LogP contribution in [0.3, 0.4) is 0 Å². The standard InChI is InChI=1S/C17H20N4O/c1-12-19-17-16(9-15(10-18-17)20(3)13(2)22)21(12)11-14-7-5-4-6-8-14/h4-10,12H,11H2,1-3H3,(H,18,19). The molecular formula is C17H20N4O. The van der Waals surface area contributed by atoms with E-state index in [0.717, 1.165) is 23.7 Å². The van der Waals surface area contributed by atoms with Gasteiger partial charge in [-0.3, -0.25) is 4.79 Å². The molecule has 2 heterocycles. The Balaban J connectivity index is 1.92. The Morgan fingerprint density at radius 1 is 1.36 bits per heavy atom. The first kappa shape index (κ1) is 14.4. The molecule has 1 aliphatic heterocycles. The van der Waals surface area contributed by atoms with Crippen LogP contribution < -0.4 is 15.1 Å². The van der Waals surface area contributed by atoms with Crippen LogP contribution in [0.2, 0.25) is 0 Å². The molecule has 1 aromatic heterocycles. The van der Waals surface area contributed by atoms with Gasteiger partial charge in [0.15, 0.2) is 5.82 Å². The van der Waals surface area contributed by atoms with Gasteiger partial charge in [-0.15, -0.1) is 0 Å². The van der Waals surface area contributed by atoms with E-state index in [9.17, 15) is 4.79 Å². The number of pyridine rings is 1. The lowest BCUT2D eigenvalue weighted by Crippen LogP contribution is -2.32. The summed E-state index contributed by atoms with van der Waals surface area (Å²) in [5, 5.41) is 3.37. The average molecular weight is 296 g/mol. The molecule has 0 spiro atoms. The quantitative estimate of drug-likeness (QED) is 0.946.